The van der Waals surface area contributed by atoms with Crippen molar-refractivity contribution in [2.24, 2.45) is 0 Å². The lowest BCUT2D eigenvalue weighted by Crippen LogP contribution is -1.77. The van der Waals surface area contributed by atoms with E-state index in [1.165, 1.54) is 30.4 Å². The van der Waals surface area contributed by atoms with Crippen LogP contribution in [0.4, 0.5) is 0 Å². The first-order valence-electron chi connectivity index (χ1n) is 6.40. The lowest BCUT2D eigenvalue weighted by Gasteiger charge is -1.97. The smallest absolute Gasteiger partial charge is 0.0257 e. The Labute approximate surface area is 105 Å². The van der Waals surface area contributed by atoms with Crippen LogP contribution in [-0.4, -0.2) is 0 Å². The topological polar surface area (TPSA) is 0 Å². The fourth-order valence-electron chi connectivity index (χ4n) is 1.61. The molecule has 0 saturated carbocycles. The average Bonchev–Trinajstić information content (AvgIpc) is 2.36. The van der Waals surface area contributed by atoms with Gasteiger partial charge in [0.2, 0.25) is 0 Å². The zero-order chi connectivity index (χ0) is 12.3. The molecular weight excluding hydrogens is 204 g/mol. The molecule has 0 spiro atoms. The summed E-state index contributed by atoms with van der Waals surface area (Å²) >= 11 is 0. The van der Waals surface area contributed by atoms with Crippen molar-refractivity contribution in [1.82, 2.24) is 0 Å². The Balaban J connectivity index is 2.30. The van der Waals surface area contributed by atoms with Crippen LogP contribution in [0.25, 0.3) is 6.08 Å². The molecule has 1 rings (SSSR count). The van der Waals surface area contributed by atoms with Gasteiger partial charge in [-0.3, -0.25) is 0 Å². The van der Waals surface area contributed by atoms with Crippen molar-refractivity contribution in [3.8, 4) is 0 Å². The molecule has 0 fully saturated rings. The standard InChI is InChI=1S/C17H22/c1-3-4-6-11-16(2)12-9-10-15-17-13-7-5-8-14-17/h5,7-10,12-15H,2-4,6,11H2,1H3. The van der Waals surface area contributed by atoms with E-state index in [0.29, 0.717) is 0 Å². The molecule has 0 aliphatic heterocycles. The summed E-state index contributed by atoms with van der Waals surface area (Å²) in [4.78, 5) is 0. The molecule has 0 aliphatic carbocycles. The second-order valence-electron chi connectivity index (χ2n) is 4.24. The zero-order valence-electron chi connectivity index (χ0n) is 10.7. The molecule has 0 N–H and O–H groups in total. The van der Waals surface area contributed by atoms with Gasteiger partial charge in [-0.1, -0.05) is 86.6 Å². The number of benzene rings is 1. The summed E-state index contributed by atoms with van der Waals surface area (Å²) in [6, 6.07) is 10.3. The highest BCUT2D eigenvalue weighted by Crippen LogP contribution is 2.08. The predicted octanol–water partition coefficient (Wildman–Crippen LogP) is 5.39. The number of hydrogen-bond donors (Lipinski definition) is 0. The molecule has 0 heterocycles. The Morgan fingerprint density at radius 1 is 1.12 bits per heavy atom. The van der Waals surface area contributed by atoms with Crippen molar-refractivity contribution in [3.05, 3.63) is 66.3 Å². The molecule has 0 heteroatoms. The van der Waals surface area contributed by atoms with E-state index in [1.807, 2.05) is 18.2 Å². The summed E-state index contributed by atoms with van der Waals surface area (Å²) in [6.07, 6.45) is 13.3. The molecule has 17 heavy (non-hydrogen) atoms. The summed E-state index contributed by atoms with van der Waals surface area (Å²) in [7, 11) is 0. The normalized spacial score (nSPS) is 11.4. The van der Waals surface area contributed by atoms with Crippen molar-refractivity contribution in [2.75, 3.05) is 0 Å². The molecule has 0 aromatic heterocycles. The van der Waals surface area contributed by atoms with Crippen LogP contribution in [0.15, 0.2) is 60.7 Å². The SMILES string of the molecule is C=C(C=CC=Cc1ccccc1)CCCCC. The maximum Gasteiger partial charge on any atom is -0.0257 e. The van der Waals surface area contributed by atoms with Crippen LogP contribution in [0, 0.1) is 0 Å². The summed E-state index contributed by atoms with van der Waals surface area (Å²) in [5, 5.41) is 0. The molecule has 0 nitrogen and oxygen atoms in total. The van der Waals surface area contributed by atoms with Gasteiger partial charge in [0.15, 0.2) is 0 Å². The van der Waals surface area contributed by atoms with Gasteiger partial charge in [-0.25, -0.2) is 0 Å². The Morgan fingerprint density at radius 3 is 2.59 bits per heavy atom. The molecule has 0 amide bonds. The van der Waals surface area contributed by atoms with E-state index in [1.54, 1.807) is 0 Å². The molecular formula is C17H22. The third kappa shape index (κ3) is 6.57. The fourth-order valence-corrected chi connectivity index (χ4v) is 1.61. The summed E-state index contributed by atoms with van der Waals surface area (Å²) in [6.45, 7) is 6.27. The van der Waals surface area contributed by atoms with E-state index < -0.39 is 0 Å². The fraction of sp³-hybridized carbons (Fsp3) is 0.294. The van der Waals surface area contributed by atoms with Crippen LogP contribution in [-0.2, 0) is 0 Å². The molecule has 0 atom stereocenters. The van der Waals surface area contributed by atoms with Crippen LogP contribution >= 0.6 is 0 Å². The van der Waals surface area contributed by atoms with Gasteiger partial charge < -0.3 is 0 Å². The minimum atomic E-state index is 1.11. The van der Waals surface area contributed by atoms with Crippen molar-refractivity contribution < 1.29 is 0 Å². The number of unbranched alkanes of at least 4 members (excludes halogenated alkanes) is 2. The van der Waals surface area contributed by atoms with Crippen LogP contribution in [0.2, 0.25) is 0 Å². The number of rotatable bonds is 7. The highest BCUT2D eigenvalue weighted by molar-refractivity contribution is 5.50. The molecule has 0 bridgehead atoms. The van der Waals surface area contributed by atoms with Crippen LogP contribution in [0.1, 0.15) is 38.2 Å². The first-order valence-corrected chi connectivity index (χ1v) is 6.40. The van der Waals surface area contributed by atoms with Gasteiger partial charge in [0.05, 0.1) is 0 Å². The lowest BCUT2D eigenvalue weighted by molar-refractivity contribution is 0.720. The molecule has 1 aromatic carbocycles. The Bertz CT molecular complexity index is 368. The number of hydrogen-bond acceptors (Lipinski definition) is 0. The maximum atomic E-state index is 4.05. The first kappa shape index (κ1) is 13.5. The summed E-state index contributed by atoms with van der Waals surface area (Å²) in [5.41, 5.74) is 2.45. The molecule has 0 radical (unpaired) electrons. The van der Waals surface area contributed by atoms with Crippen molar-refractivity contribution in [1.29, 1.82) is 0 Å². The van der Waals surface area contributed by atoms with Crippen molar-refractivity contribution in [2.45, 2.75) is 32.6 Å². The molecule has 90 valence electrons. The monoisotopic (exact) mass is 226 g/mol. The van der Waals surface area contributed by atoms with E-state index in [-0.39, 0.29) is 0 Å². The highest BCUT2D eigenvalue weighted by atomic mass is 13.9. The Kier molecular flexibility index (Phi) is 6.81. The van der Waals surface area contributed by atoms with Gasteiger partial charge in [-0.15, -0.1) is 0 Å². The molecule has 0 aliphatic rings. The van der Waals surface area contributed by atoms with E-state index in [0.717, 1.165) is 6.42 Å². The third-order valence-electron chi connectivity index (χ3n) is 2.63. The Morgan fingerprint density at radius 2 is 1.88 bits per heavy atom. The quantitative estimate of drug-likeness (QED) is 0.432. The van der Waals surface area contributed by atoms with Crippen LogP contribution < -0.4 is 0 Å². The average molecular weight is 226 g/mol. The van der Waals surface area contributed by atoms with Gasteiger partial charge >= 0.3 is 0 Å². The van der Waals surface area contributed by atoms with E-state index in [9.17, 15) is 0 Å². The van der Waals surface area contributed by atoms with Gasteiger partial charge in [0.25, 0.3) is 0 Å². The van der Waals surface area contributed by atoms with E-state index in [2.05, 4.69) is 49.9 Å². The number of allylic oxidation sites excluding steroid dienone is 4. The van der Waals surface area contributed by atoms with Crippen LogP contribution in [0.3, 0.4) is 0 Å². The second-order valence-corrected chi connectivity index (χ2v) is 4.24. The third-order valence-corrected chi connectivity index (χ3v) is 2.63. The van der Waals surface area contributed by atoms with Gasteiger partial charge in [-0.2, -0.15) is 0 Å². The summed E-state index contributed by atoms with van der Waals surface area (Å²) in [5.74, 6) is 0. The molecule has 1 aromatic rings. The van der Waals surface area contributed by atoms with E-state index >= 15 is 0 Å². The maximum absolute atomic E-state index is 4.05. The van der Waals surface area contributed by atoms with Crippen molar-refractivity contribution >= 4 is 6.08 Å². The van der Waals surface area contributed by atoms with Gasteiger partial charge in [-0.05, 0) is 18.4 Å². The second kappa shape index (κ2) is 8.58. The molecule has 0 unspecified atom stereocenters. The van der Waals surface area contributed by atoms with E-state index in [4.69, 9.17) is 0 Å². The minimum Gasteiger partial charge on any atom is -0.0958 e. The van der Waals surface area contributed by atoms with Gasteiger partial charge in [0.1, 0.15) is 0 Å². The zero-order valence-corrected chi connectivity index (χ0v) is 10.7. The largest absolute Gasteiger partial charge is 0.0958 e. The Hall–Kier alpha value is -1.56. The summed E-state index contributed by atoms with van der Waals surface area (Å²) < 4.78 is 0. The highest BCUT2D eigenvalue weighted by Gasteiger charge is 1.88. The lowest BCUT2D eigenvalue weighted by atomic mass is 10.1. The van der Waals surface area contributed by atoms with Crippen LogP contribution in [0.5, 0.6) is 0 Å². The minimum absolute atomic E-state index is 1.11. The molecule has 0 saturated heterocycles. The van der Waals surface area contributed by atoms with Crippen molar-refractivity contribution in [3.63, 3.8) is 0 Å². The van der Waals surface area contributed by atoms with Gasteiger partial charge in [0, 0.05) is 0 Å². The predicted molar refractivity (Wildman–Crippen MR) is 77.9 cm³/mol. The first-order chi connectivity index (χ1) is 8.33.